The van der Waals surface area contributed by atoms with Crippen LogP contribution in [-0.2, 0) is 4.79 Å². The third kappa shape index (κ3) is 4.84. The van der Waals surface area contributed by atoms with Crippen LogP contribution in [0.4, 0.5) is 0 Å². The molecule has 0 aromatic heterocycles. The fraction of sp³-hybridized carbons (Fsp3) is 0.500. The molecule has 106 valence electrons. The lowest BCUT2D eigenvalue weighted by atomic mass is 10.0. The number of hydrogen-bond acceptors (Lipinski definition) is 3. The van der Waals surface area contributed by atoms with Crippen LogP contribution in [0, 0.1) is 5.92 Å². The Kier molecular flexibility index (Phi) is 5.82. The molecule has 1 aromatic rings. The van der Waals surface area contributed by atoms with Crippen molar-refractivity contribution < 1.29 is 9.90 Å². The van der Waals surface area contributed by atoms with Crippen molar-refractivity contribution in [1.82, 2.24) is 4.90 Å². The van der Waals surface area contributed by atoms with E-state index in [4.69, 9.17) is 5.73 Å². The van der Waals surface area contributed by atoms with Crippen LogP contribution in [0.15, 0.2) is 22.7 Å². The van der Waals surface area contributed by atoms with Crippen LogP contribution >= 0.6 is 15.9 Å². The van der Waals surface area contributed by atoms with Gasteiger partial charge in [0.2, 0.25) is 5.91 Å². The predicted octanol–water partition coefficient (Wildman–Crippen LogP) is 2.66. The smallest absolute Gasteiger partial charge is 0.231 e. The molecule has 19 heavy (non-hydrogen) atoms. The Morgan fingerprint density at radius 1 is 1.42 bits per heavy atom. The Labute approximate surface area is 122 Å². The summed E-state index contributed by atoms with van der Waals surface area (Å²) < 4.78 is 0.899. The first-order valence-electron chi connectivity index (χ1n) is 6.32. The van der Waals surface area contributed by atoms with E-state index in [1.165, 1.54) is 0 Å². The summed E-state index contributed by atoms with van der Waals surface area (Å²) in [6, 6.07) is 5.22. The van der Waals surface area contributed by atoms with Gasteiger partial charge in [-0.05, 0) is 31.0 Å². The molecule has 0 spiro atoms. The number of amides is 1. The number of carbonyl (C=O) groups is 1. The molecule has 0 heterocycles. The highest BCUT2D eigenvalue weighted by molar-refractivity contribution is 9.10. The molecule has 0 bridgehead atoms. The Balaban J connectivity index is 3.00. The van der Waals surface area contributed by atoms with E-state index in [0.717, 1.165) is 16.6 Å². The highest BCUT2D eigenvalue weighted by Crippen LogP contribution is 2.31. The van der Waals surface area contributed by atoms with E-state index in [1.807, 2.05) is 17.9 Å². The van der Waals surface area contributed by atoms with Gasteiger partial charge < -0.3 is 10.8 Å². The maximum atomic E-state index is 11.2. The fourth-order valence-electron chi connectivity index (χ4n) is 2.09. The summed E-state index contributed by atoms with van der Waals surface area (Å²) in [5.74, 6) is 0.284. The van der Waals surface area contributed by atoms with Crippen LogP contribution in [0.1, 0.15) is 32.4 Å². The van der Waals surface area contributed by atoms with Crippen LogP contribution in [0.25, 0.3) is 0 Å². The van der Waals surface area contributed by atoms with E-state index >= 15 is 0 Å². The minimum atomic E-state index is -0.359. The molecule has 0 fully saturated rings. The summed E-state index contributed by atoms with van der Waals surface area (Å²) in [6.45, 7) is 7.07. The van der Waals surface area contributed by atoms with Crippen molar-refractivity contribution in [2.75, 3.05) is 13.1 Å². The van der Waals surface area contributed by atoms with Gasteiger partial charge in [-0.15, -0.1) is 0 Å². The van der Waals surface area contributed by atoms with E-state index in [2.05, 4.69) is 29.8 Å². The fourth-order valence-corrected chi connectivity index (χ4v) is 2.46. The number of halogens is 1. The monoisotopic (exact) mass is 328 g/mol. The normalized spacial score (nSPS) is 12.9. The van der Waals surface area contributed by atoms with Gasteiger partial charge in [-0.25, -0.2) is 0 Å². The number of primary amides is 1. The third-order valence-corrected chi connectivity index (χ3v) is 3.44. The van der Waals surface area contributed by atoms with Crippen LogP contribution < -0.4 is 5.73 Å². The molecule has 1 unspecified atom stereocenters. The van der Waals surface area contributed by atoms with Gasteiger partial charge in [0.25, 0.3) is 0 Å². The molecule has 0 aliphatic carbocycles. The summed E-state index contributed by atoms with van der Waals surface area (Å²) in [6.07, 6.45) is 0. The zero-order chi connectivity index (χ0) is 14.6. The standard InChI is InChI=1S/C14H21BrN2O2/c1-9(2)7-17(8-14(16)19)10(3)12-6-11(15)4-5-13(12)18/h4-6,9-10,18H,7-8H2,1-3H3,(H2,16,19). The maximum Gasteiger partial charge on any atom is 0.231 e. The molecule has 3 N–H and O–H groups in total. The summed E-state index contributed by atoms with van der Waals surface area (Å²) in [5.41, 5.74) is 6.09. The molecule has 0 saturated carbocycles. The molecule has 5 heteroatoms. The minimum absolute atomic E-state index is 0.0765. The van der Waals surface area contributed by atoms with Gasteiger partial charge in [-0.3, -0.25) is 9.69 Å². The molecule has 1 aromatic carbocycles. The molecule has 1 amide bonds. The number of phenolic OH excluding ortho intramolecular Hbond substituents is 1. The highest BCUT2D eigenvalue weighted by Gasteiger charge is 2.21. The van der Waals surface area contributed by atoms with Crippen LogP contribution in [0.5, 0.6) is 5.75 Å². The van der Waals surface area contributed by atoms with Crippen molar-refractivity contribution >= 4 is 21.8 Å². The number of aromatic hydroxyl groups is 1. The van der Waals surface area contributed by atoms with Crippen molar-refractivity contribution in [3.05, 3.63) is 28.2 Å². The van der Waals surface area contributed by atoms with Gasteiger partial charge in [0.15, 0.2) is 0 Å². The number of rotatable bonds is 6. The zero-order valence-electron chi connectivity index (χ0n) is 11.6. The minimum Gasteiger partial charge on any atom is -0.508 e. The molecule has 0 radical (unpaired) electrons. The highest BCUT2D eigenvalue weighted by atomic mass is 79.9. The quantitative estimate of drug-likeness (QED) is 0.843. The van der Waals surface area contributed by atoms with Crippen LogP contribution in [-0.4, -0.2) is 29.0 Å². The average Bonchev–Trinajstić information content (AvgIpc) is 2.29. The SMILES string of the molecule is CC(C)CN(CC(N)=O)C(C)c1cc(Br)ccc1O. The topological polar surface area (TPSA) is 66.6 Å². The Morgan fingerprint density at radius 3 is 2.58 bits per heavy atom. The Hall–Kier alpha value is -1.07. The molecular weight excluding hydrogens is 308 g/mol. The van der Waals surface area contributed by atoms with E-state index in [1.54, 1.807) is 12.1 Å². The number of nitrogens with zero attached hydrogens (tertiary/aromatic N) is 1. The summed E-state index contributed by atoms with van der Waals surface area (Å²) in [5, 5.41) is 9.96. The summed E-state index contributed by atoms with van der Waals surface area (Å²) in [7, 11) is 0. The summed E-state index contributed by atoms with van der Waals surface area (Å²) >= 11 is 3.39. The number of benzene rings is 1. The lowest BCUT2D eigenvalue weighted by molar-refractivity contribution is -0.119. The van der Waals surface area contributed by atoms with Crippen molar-refractivity contribution in [3.63, 3.8) is 0 Å². The molecule has 1 rings (SSSR count). The van der Waals surface area contributed by atoms with Gasteiger partial charge in [0, 0.05) is 22.6 Å². The van der Waals surface area contributed by atoms with Gasteiger partial charge in [-0.2, -0.15) is 0 Å². The van der Waals surface area contributed by atoms with E-state index in [0.29, 0.717) is 5.92 Å². The average molecular weight is 329 g/mol. The number of carbonyl (C=O) groups excluding carboxylic acids is 1. The Morgan fingerprint density at radius 2 is 2.05 bits per heavy atom. The number of hydrogen-bond donors (Lipinski definition) is 2. The first kappa shape index (κ1) is 16.0. The van der Waals surface area contributed by atoms with Crippen LogP contribution in [0.3, 0.4) is 0 Å². The van der Waals surface area contributed by atoms with E-state index in [9.17, 15) is 9.90 Å². The maximum absolute atomic E-state index is 11.2. The Bertz CT molecular complexity index is 449. The van der Waals surface area contributed by atoms with Crippen molar-refractivity contribution in [1.29, 1.82) is 0 Å². The molecular formula is C14H21BrN2O2. The lowest BCUT2D eigenvalue weighted by Gasteiger charge is -2.30. The van der Waals surface area contributed by atoms with E-state index in [-0.39, 0.29) is 24.2 Å². The van der Waals surface area contributed by atoms with E-state index < -0.39 is 0 Å². The second kappa shape index (κ2) is 6.91. The van der Waals surface area contributed by atoms with Gasteiger partial charge in [0.05, 0.1) is 6.54 Å². The van der Waals surface area contributed by atoms with Gasteiger partial charge >= 0.3 is 0 Å². The summed E-state index contributed by atoms with van der Waals surface area (Å²) in [4.78, 5) is 13.2. The number of nitrogens with two attached hydrogens (primary N) is 1. The van der Waals surface area contributed by atoms with Gasteiger partial charge in [0.1, 0.15) is 5.75 Å². The molecule has 0 aliphatic rings. The molecule has 0 saturated heterocycles. The first-order chi connectivity index (χ1) is 8.81. The zero-order valence-corrected chi connectivity index (χ0v) is 13.1. The number of phenols is 1. The van der Waals surface area contributed by atoms with Crippen LogP contribution in [0.2, 0.25) is 0 Å². The van der Waals surface area contributed by atoms with Crippen molar-refractivity contribution in [2.45, 2.75) is 26.8 Å². The predicted molar refractivity (Wildman–Crippen MR) is 79.8 cm³/mol. The van der Waals surface area contributed by atoms with Crippen molar-refractivity contribution in [2.24, 2.45) is 11.7 Å². The second-order valence-corrected chi connectivity index (χ2v) is 6.08. The lowest BCUT2D eigenvalue weighted by Crippen LogP contribution is -2.38. The molecule has 1 atom stereocenters. The largest absolute Gasteiger partial charge is 0.508 e. The molecule has 4 nitrogen and oxygen atoms in total. The second-order valence-electron chi connectivity index (χ2n) is 5.17. The van der Waals surface area contributed by atoms with Gasteiger partial charge in [-0.1, -0.05) is 29.8 Å². The molecule has 0 aliphatic heterocycles. The first-order valence-corrected chi connectivity index (χ1v) is 7.11. The third-order valence-electron chi connectivity index (χ3n) is 2.95. The van der Waals surface area contributed by atoms with Crippen molar-refractivity contribution in [3.8, 4) is 5.75 Å².